The van der Waals surface area contributed by atoms with Crippen molar-refractivity contribution in [3.05, 3.63) is 23.8 Å². The Kier molecular flexibility index (Phi) is 18.4. The van der Waals surface area contributed by atoms with Crippen LogP contribution in [0.3, 0.4) is 0 Å². The molecule has 3 saturated carbocycles. The maximum absolute atomic E-state index is 12.4. The maximum atomic E-state index is 12.4. The molecule has 1 spiro atoms. The molecule has 0 aromatic rings. The number of hydrogen-bond acceptors (Lipinski definition) is 28. The minimum absolute atomic E-state index is 0.00602. The van der Waals surface area contributed by atoms with Gasteiger partial charge in [0.1, 0.15) is 110 Å². The van der Waals surface area contributed by atoms with E-state index in [9.17, 15) is 81.7 Å². The highest BCUT2D eigenvalue weighted by Crippen LogP contribution is 2.71. The monoisotopic (exact) mass is 1210 g/mol. The molecule has 37 atom stereocenters. The number of hydrogen-bond donors (Lipinski definition) is 16. The second kappa shape index (κ2) is 24.2. The van der Waals surface area contributed by atoms with Crippen LogP contribution in [0.5, 0.6) is 0 Å². The first kappa shape index (κ1) is 63.9. The summed E-state index contributed by atoms with van der Waals surface area (Å²) < 4.78 is 73.3. The fraction of sp³-hybridized carbons (Fsp3) is 0.929. The predicted molar refractivity (Wildman–Crippen MR) is 276 cm³/mol. The number of aliphatic hydroxyl groups excluding tert-OH is 16. The van der Waals surface area contributed by atoms with Gasteiger partial charge >= 0.3 is 0 Å². The van der Waals surface area contributed by atoms with Crippen LogP contribution in [-0.2, 0) is 56.8 Å². The van der Waals surface area contributed by atoms with Gasteiger partial charge in [0.05, 0.1) is 63.1 Å². The SMILES string of the molecule is C=C1CO[C@@]2(O[C@H]3C[C@H]4[C@@H]5CC=C6C[C@@H](O)C[C@@H](O[C@@H]7OC[C@@H](O)[C@H](O[C@@H]8O[C@H](CO)[C@@H](O)[C@H](O)[C@H]8O[C@@H]8O[C@@H](C)[C@H](O)[C@@H](O)[C@H]8O)[C@H]7O)[C@]6(C)[C@H]5CC[C@]4(C)[C@H]3[C@@H]2CO)[C@@H](O)[C@H]1O[C@@H]1O[C@H](C)[C@@H](O[C@@H]2O[C@@H](C)[C@H](O)[C@@H](O)[C@H]2O)[C@H](O)[C@H]1O. The third-order valence-electron chi connectivity index (χ3n) is 21.4. The van der Waals surface area contributed by atoms with Gasteiger partial charge < -0.3 is 139 Å². The Bertz CT molecular complexity index is 2340. The van der Waals surface area contributed by atoms with Gasteiger partial charge in [-0.15, -0.1) is 0 Å². The average Bonchev–Trinajstić information content (AvgIpc) is 1.51. The van der Waals surface area contributed by atoms with Gasteiger partial charge in [0.15, 0.2) is 31.5 Å². The van der Waals surface area contributed by atoms with Crippen LogP contribution in [0.4, 0.5) is 0 Å². The topological polar surface area (TPSA) is 434 Å². The van der Waals surface area contributed by atoms with Crippen LogP contribution in [0.2, 0.25) is 0 Å². The summed E-state index contributed by atoms with van der Waals surface area (Å²) in [4.78, 5) is 0. The number of ether oxygens (including phenoxy) is 12. The number of allylic oxidation sites excluding steroid dienone is 1. The summed E-state index contributed by atoms with van der Waals surface area (Å²) >= 11 is 0. The van der Waals surface area contributed by atoms with Gasteiger partial charge in [-0.3, -0.25) is 0 Å². The third kappa shape index (κ3) is 10.5. The van der Waals surface area contributed by atoms with E-state index >= 15 is 0 Å². The largest absolute Gasteiger partial charge is 0.396 e. The summed E-state index contributed by atoms with van der Waals surface area (Å²) in [7, 11) is 0. The van der Waals surface area contributed by atoms with Gasteiger partial charge in [-0.1, -0.05) is 32.1 Å². The van der Waals surface area contributed by atoms with Crippen molar-refractivity contribution in [1.82, 2.24) is 0 Å². The van der Waals surface area contributed by atoms with Crippen molar-refractivity contribution in [2.24, 2.45) is 40.4 Å². The zero-order valence-electron chi connectivity index (χ0n) is 47.5. The number of rotatable bonds is 12. The summed E-state index contributed by atoms with van der Waals surface area (Å²) in [6.07, 6.45) is -37.1. The summed E-state index contributed by atoms with van der Waals surface area (Å²) in [5, 5.41) is 176. The van der Waals surface area contributed by atoms with Crippen molar-refractivity contribution in [3.8, 4) is 0 Å². The summed E-state index contributed by atoms with van der Waals surface area (Å²) in [5.41, 5.74) is 0.0244. The fourth-order valence-corrected chi connectivity index (χ4v) is 16.7. The summed E-state index contributed by atoms with van der Waals surface area (Å²) in [6.45, 7) is 10.9. The molecule has 0 bridgehead atoms. The lowest BCUT2D eigenvalue weighted by atomic mass is 9.46. The summed E-state index contributed by atoms with van der Waals surface area (Å²) in [5.74, 6) is -2.95. The van der Waals surface area contributed by atoms with E-state index < -0.39 is 220 Å². The van der Waals surface area contributed by atoms with E-state index in [0.29, 0.717) is 32.1 Å². The van der Waals surface area contributed by atoms with Crippen molar-refractivity contribution in [2.75, 3.05) is 26.4 Å². The summed E-state index contributed by atoms with van der Waals surface area (Å²) in [6, 6.07) is 0. The second-order valence-electron chi connectivity index (χ2n) is 26.1. The molecular formula is C56H88O28. The van der Waals surface area contributed by atoms with Gasteiger partial charge in [-0.05, 0) is 81.6 Å². The molecule has 0 unspecified atom stereocenters. The molecule has 0 aromatic carbocycles. The van der Waals surface area contributed by atoms with Crippen molar-refractivity contribution in [1.29, 1.82) is 0 Å². The van der Waals surface area contributed by atoms with Crippen LogP contribution < -0.4 is 0 Å². The van der Waals surface area contributed by atoms with Crippen LogP contribution >= 0.6 is 0 Å². The first-order chi connectivity index (χ1) is 39.7. The molecule has 0 amide bonds. The Morgan fingerprint density at radius 3 is 1.83 bits per heavy atom. The first-order valence-corrected chi connectivity index (χ1v) is 29.6. The van der Waals surface area contributed by atoms with Gasteiger partial charge in [-0.2, -0.15) is 0 Å². The van der Waals surface area contributed by atoms with Crippen LogP contribution in [0.15, 0.2) is 23.8 Å². The smallest absolute Gasteiger partial charge is 0.203 e. The molecule has 11 rings (SSSR count). The molecule has 4 aliphatic carbocycles. The van der Waals surface area contributed by atoms with Crippen molar-refractivity contribution in [3.63, 3.8) is 0 Å². The molecule has 28 nitrogen and oxygen atoms in total. The highest BCUT2D eigenvalue weighted by Gasteiger charge is 2.73. The molecule has 16 N–H and O–H groups in total. The molecule has 7 saturated heterocycles. The molecule has 10 fully saturated rings. The van der Waals surface area contributed by atoms with Crippen molar-refractivity contribution < 1.29 is 139 Å². The lowest BCUT2D eigenvalue weighted by Gasteiger charge is -2.60. The molecule has 28 heteroatoms. The van der Waals surface area contributed by atoms with E-state index in [-0.39, 0.29) is 42.3 Å². The lowest BCUT2D eigenvalue weighted by Crippen LogP contribution is -2.66. The minimum atomic E-state index is -1.87. The molecule has 480 valence electrons. The van der Waals surface area contributed by atoms with Crippen LogP contribution in [-0.4, -0.2) is 292 Å². The molecule has 7 aliphatic heterocycles. The van der Waals surface area contributed by atoms with Crippen LogP contribution in [0, 0.1) is 40.4 Å². The lowest BCUT2D eigenvalue weighted by molar-refractivity contribution is -0.385. The van der Waals surface area contributed by atoms with Gasteiger partial charge in [0, 0.05) is 23.7 Å². The molecule has 7 heterocycles. The number of fused-ring (bicyclic) bond motifs is 7. The van der Waals surface area contributed by atoms with Crippen LogP contribution in [0.25, 0.3) is 0 Å². The molecule has 0 aromatic heterocycles. The Hall–Kier alpha value is -1.64. The Morgan fingerprint density at radius 2 is 1.19 bits per heavy atom. The minimum Gasteiger partial charge on any atom is -0.396 e. The van der Waals surface area contributed by atoms with Crippen molar-refractivity contribution in [2.45, 2.75) is 257 Å². The molecule has 84 heavy (non-hydrogen) atoms. The predicted octanol–water partition coefficient (Wildman–Crippen LogP) is -5.64. The molecule has 0 radical (unpaired) electrons. The second-order valence-corrected chi connectivity index (χ2v) is 26.1. The molecule has 11 aliphatic rings. The van der Waals surface area contributed by atoms with E-state index in [0.717, 1.165) is 5.57 Å². The highest BCUT2D eigenvalue weighted by molar-refractivity contribution is 5.29. The van der Waals surface area contributed by atoms with Crippen LogP contribution in [0.1, 0.15) is 73.1 Å². The van der Waals surface area contributed by atoms with Gasteiger partial charge in [-0.25, -0.2) is 0 Å². The average molecular weight is 1210 g/mol. The third-order valence-corrected chi connectivity index (χ3v) is 21.4. The Balaban J connectivity index is 0.774. The fourth-order valence-electron chi connectivity index (χ4n) is 16.7. The van der Waals surface area contributed by atoms with Gasteiger partial charge in [0.2, 0.25) is 5.79 Å². The maximum Gasteiger partial charge on any atom is 0.203 e. The zero-order chi connectivity index (χ0) is 60.5. The highest BCUT2D eigenvalue weighted by atomic mass is 16.8. The molecular weight excluding hydrogens is 1120 g/mol. The van der Waals surface area contributed by atoms with E-state index in [1.165, 1.54) is 20.8 Å². The van der Waals surface area contributed by atoms with Gasteiger partial charge in [0.25, 0.3) is 0 Å². The Morgan fingerprint density at radius 1 is 0.595 bits per heavy atom. The normalized spacial score (nSPS) is 57.7. The quantitative estimate of drug-likeness (QED) is 0.0810. The van der Waals surface area contributed by atoms with Crippen molar-refractivity contribution >= 4 is 0 Å². The zero-order valence-corrected chi connectivity index (χ0v) is 47.5. The number of aliphatic hydroxyl groups is 16. The van der Waals surface area contributed by atoms with E-state index in [1.807, 2.05) is 0 Å². The van der Waals surface area contributed by atoms with E-state index in [1.54, 1.807) is 0 Å². The standard InChI is InChI=1S/C56H88O28/c1-18-16-74-56(48(72)44(18)80-52-42(70)39(67)45(21(4)77-52)81-50-40(68)36(64)33(61)19(2)75-50)27(14-57)32-29(84-56)13-26-24-8-7-22-11-23(59)12-31(55(22,6)25(24)9-10-54(26,32)5)79-49-43(71)46(28(60)17-73-49)82-53-47(38(66)35(63)30(15-58)78-53)83-51-41(69)37(65)34(62)20(3)76-51/h7,19-21,23-53,57-72H,1,8-17H2,2-6H3/t19-,20-,21+,23+,24+,25-,26-,27-,28+,29-,30+,31+,32-,33-,34-,35+,36+,37+,38-,39+,40+,41+,42+,43+,44-,45+,46-,47+,48-,49-,50-,51-,52-,53-,54-,55-,56-/m0/s1. The Labute approximate surface area is 484 Å². The van der Waals surface area contributed by atoms with E-state index in [2.05, 4.69) is 26.5 Å². The van der Waals surface area contributed by atoms with E-state index in [4.69, 9.17) is 56.8 Å². The first-order valence-electron chi connectivity index (χ1n) is 29.6.